The van der Waals surface area contributed by atoms with Crippen LogP contribution in [0.2, 0.25) is 0 Å². The zero-order chi connectivity index (χ0) is 17.9. The summed E-state index contributed by atoms with van der Waals surface area (Å²) in [4.78, 5) is 19.4. The largest absolute Gasteiger partial charge is 0.333 e. The lowest BCUT2D eigenvalue weighted by Gasteiger charge is -2.25. The first-order chi connectivity index (χ1) is 12.8. The Bertz CT molecular complexity index is 900. The predicted molar refractivity (Wildman–Crippen MR) is 104 cm³/mol. The minimum Gasteiger partial charge on any atom is -0.333 e. The Kier molecular flexibility index (Phi) is 4.74. The number of nitrogens with zero attached hydrogens (tertiary/aromatic N) is 3. The van der Waals surface area contributed by atoms with Crippen LogP contribution in [0.15, 0.2) is 54.6 Å². The molecule has 0 unspecified atom stereocenters. The van der Waals surface area contributed by atoms with E-state index in [1.54, 1.807) is 0 Å². The van der Waals surface area contributed by atoms with Crippen molar-refractivity contribution in [1.82, 2.24) is 14.5 Å². The van der Waals surface area contributed by atoms with Gasteiger partial charge in [0.15, 0.2) is 0 Å². The number of benzene rings is 2. The molecule has 0 saturated carbocycles. The van der Waals surface area contributed by atoms with Crippen LogP contribution in [0.4, 0.5) is 0 Å². The van der Waals surface area contributed by atoms with Gasteiger partial charge in [0.2, 0.25) is 5.91 Å². The fraction of sp³-hybridized carbons (Fsp3) is 0.364. The highest BCUT2D eigenvalue weighted by Gasteiger charge is 2.32. The third-order valence-corrected chi connectivity index (χ3v) is 5.32. The highest BCUT2D eigenvalue weighted by molar-refractivity contribution is 5.78. The Hall–Kier alpha value is -2.62. The van der Waals surface area contributed by atoms with Crippen molar-refractivity contribution < 1.29 is 4.79 Å². The second-order valence-corrected chi connectivity index (χ2v) is 6.94. The molecule has 4 heteroatoms. The molecule has 2 aromatic carbocycles. The van der Waals surface area contributed by atoms with Crippen molar-refractivity contribution in [3.63, 3.8) is 0 Å². The first-order valence-corrected chi connectivity index (χ1v) is 9.56. The topological polar surface area (TPSA) is 38.1 Å². The van der Waals surface area contributed by atoms with E-state index in [4.69, 9.17) is 4.98 Å². The molecule has 134 valence electrons. The van der Waals surface area contributed by atoms with Crippen LogP contribution in [-0.2, 0) is 17.8 Å². The summed E-state index contributed by atoms with van der Waals surface area (Å²) in [6.07, 6.45) is 3.57. The molecule has 1 fully saturated rings. The van der Waals surface area contributed by atoms with Gasteiger partial charge in [-0.1, -0.05) is 49.4 Å². The average Bonchev–Trinajstić information content (AvgIpc) is 3.31. The molecule has 1 aliphatic heterocycles. The molecule has 1 amide bonds. The van der Waals surface area contributed by atoms with E-state index in [-0.39, 0.29) is 11.9 Å². The van der Waals surface area contributed by atoms with Crippen molar-refractivity contribution in [2.75, 3.05) is 6.54 Å². The van der Waals surface area contributed by atoms with Crippen molar-refractivity contribution in [2.24, 2.45) is 0 Å². The number of rotatable bonds is 5. The molecule has 4 nitrogen and oxygen atoms in total. The Morgan fingerprint density at radius 3 is 2.69 bits per heavy atom. The number of hydrogen-bond donors (Lipinski definition) is 0. The monoisotopic (exact) mass is 347 g/mol. The van der Waals surface area contributed by atoms with Crippen LogP contribution in [0.5, 0.6) is 0 Å². The maximum absolute atomic E-state index is 12.4. The van der Waals surface area contributed by atoms with Gasteiger partial charge in [-0.3, -0.25) is 4.79 Å². The van der Waals surface area contributed by atoms with Gasteiger partial charge in [-0.2, -0.15) is 0 Å². The van der Waals surface area contributed by atoms with Crippen molar-refractivity contribution >= 4 is 16.9 Å². The molecule has 0 radical (unpaired) electrons. The van der Waals surface area contributed by atoms with E-state index in [0.29, 0.717) is 6.42 Å². The molecule has 2 heterocycles. The van der Waals surface area contributed by atoms with E-state index in [9.17, 15) is 4.79 Å². The Balaban J connectivity index is 1.71. The number of imidazole rings is 1. The summed E-state index contributed by atoms with van der Waals surface area (Å²) in [6, 6.07) is 19.0. The highest BCUT2D eigenvalue weighted by atomic mass is 16.2. The smallest absolute Gasteiger partial charge is 0.222 e. The van der Waals surface area contributed by atoms with Crippen molar-refractivity contribution in [3.05, 3.63) is 66.0 Å². The van der Waals surface area contributed by atoms with E-state index < -0.39 is 0 Å². The number of hydrogen-bond acceptors (Lipinski definition) is 2. The summed E-state index contributed by atoms with van der Waals surface area (Å²) < 4.78 is 2.33. The summed E-state index contributed by atoms with van der Waals surface area (Å²) in [5.74, 6) is 1.27. The van der Waals surface area contributed by atoms with Gasteiger partial charge in [0, 0.05) is 19.5 Å². The van der Waals surface area contributed by atoms with Gasteiger partial charge in [0.1, 0.15) is 5.82 Å². The van der Waals surface area contributed by atoms with Crippen molar-refractivity contribution in [1.29, 1.82) is 0 Å². The molecular weight excluding hydrogens is 322 g/mol. The number of aromatic nitrogens is 2. The first-order valence-electron chi connectivity index (χ1n) is 9.56. The SMILES string of the molecule is CCC(=O)N1CCC[C@H]1c1nc2ccccc2n1CCc1ccccc1. The molecule has 1 aromatic heterocycles. The summed E-state index contributed by atoms with van der Waals surface area (Å²) >= 11 is 0. The van der Waals surface area contributed by atoms with Gasteiger partial charge in [-0.05, 0) is 37.0 Å². The Morgan fingerprint density at radius 1 is 1.12 bits per heavy atom. The molecule has 4 rings (SSSR count). The van der Waals surface area contributed by atoms with Gasteiger partial charge >= 0.3 is 0 Å². The number of para-hydroxylation sites is 2. The lowest BCUT2D eigenvalue weighted by atomic mass is 10.1. The molecular formula is C22H25N3O. The van der Waals surface area contributed by atoms with Crippen molar-refractivity contribution in [2.45, 2.75) is 45.2 Å². The Labute approximate surface area is 154 Å². The summed E-state index contributed by atoms with van der Waals surface area (Å²) in [5.41, 5.74) is 3.50. The quantitative estimate of drug-likeness (QED) is 0.688. The zero-order valence-electron chi connectivity index (χ0n) is 15.3. The number of aryl methyl sites for hydroxylation is 2. The number of carbonyl (C=O) groups is 1. The molecule has 0 N–H and O–H groups in total. The van der Waals surface area contributed by atoms with E-state index >= 15 is 0 Å². The predicted octanol–water partition coefficient (Wildman–Crippen LogP) is 4.35. The minimum atomic E-state index is 0.102. The molecule has 1 aliphatic rings. The van der Waals surface area contributed by atoms with Crippen LogP contribution < -0.4 is 0 Å². The molecule has 1 saturated heterocycles. The molecule has 0 aliphatic carbocycles. The second-order valence-electron chi connectivity index (χ2n) is 6.94. The van der Waals surface area contributed by atoms with Gasteiger partial charge in [0.25, 0.3) is 0 Å². The lowest BCUT2D eigenvalue weighted by molar-refractivity contribution is -0.131. The highest BCUT2D eigenvalue weighted by Crippen LogP contribution is 2.34. The van der Waals surface area contributed by atoms with Gasteiger partial charge < -0.3 is 9.47 Å². The molecule has 0 bridgehead atoms. The van der Waals surface area contributed by atoms with Gasteiger partial charge in [-0.25, -0.2) is 4.98 Å². The van der Waals surface area contributed by atoms with E-state index in [1.807, 2.05) is 24.0 Å². The van der Waals surface area contributed by atoms with Crippen LogP contribution in [0, 0.1) is 0 Å². The zero-order valence-corrected chi connectivity index (χ0v) is 15.3. The minimum absolute atomic E-state index is 0.102. The Morgan fingerprint density at radius 2 is 1.88 bits per heavy atom. The number of carbonyl (C=O) groups excluding carboxylic acids is 1. The molecule has 26 heavy (non-hydrogen) atoms. The fourth-order valence-electron chi connectivity index (χ4n) is 4.01. The van der Waals surface area contributed by atoms with E-state index in [0.717, 1.165) is 49.2 Å². The number of amides is 1. The number of fused-ring (bicyclic) bond motifs is 1. The van der Waals surface area contributed by atoms with Crippen LogP contribution >= 0.6 is 0 Å². The van der Waals surface area contributed by atoms with Crippen LogP contribution in [0.3, 0.4) is 0 Å². The standard InChI is InChI=1S/C22H25N3O/c1-2-21(26)24-15-8-13-20(24)22-23-18-11-6-7-12-19(18)25(22)16-14-17-9-4-3-5-10-17/h3-7,9-12,20H,2,8,13-16H2,1H3/t20-/m0/s1. The van der Waals surface area contributed by atoms with Crippen LogP contribution in [0.25, 0.3) is 11.0 Å². The van der Waals surface area contributed by atoms with E-state index in [2.05, 4.69) is 47.0 Å². The maximum atomic E-state index is 12.4. The third kappa shape index (κ3) is 3.12. The van der Waals surface area contributed by atoms with Crippen LogP contribution in [0.1, 0.15) is 43.6 Å². The average molecular weight is 347 g/mol. The lowest BCUT2D eigenvalue weighted by Crippen LogP contribution is -2.31. The second kappa shape index (κ2) is 7.32. The fourth-order valence-corrected chi connectivity index (χ4v) is 4.01. The number of likely N-dealkylation sites (tertiary alicyclic amines) is 1. The molecule has 1 atom stereocenters. The van der Waals surface area contributed by atoms with Crippen LogP contribution in [-0.4, -0.2) is 26.9 Å². The normalized spacial score (nSPS) is 17.1. The van der Waals surface area contributed by atoms with Gasteiger partial charge in [-0.15, -0.1) is 0 Å². The summed E-state index contributed by atoms with van der Waals surface area (Å²) in [6.45, 7) is 3.67. The molecule has 0 spiro atoms. The van der Waals surface area contributed by atoms with Crippen molar-refractivity contribution in [3.8, 4) is 0 Å². The first kappa shape index (κ1) is 16.8. The summed E-state index contributed by atoms with van der Waals surface area (Å²) in [7, 11) is 0. The third-order valence-electron chi connectivity index (χ3n) is 5.32. The summed E-state index contributed by atoms with van der Waals surface area (Å²) in [5, 5.41) is 0. The van der Waals surface area contributed by atoms with Gasteiger partial charge in [0.05, 0.1) is 17.1 Å². The molecule has 3 aromatic rings. The maximum Gasteiger partial charge on any atom is 0.222 e. The van der Waals surface area contributed by atoms with E-state index in [1.165, 1.54) is 5.56 Å².